The van der Waals surface area contributed by atoms with Gasteiger partial charge in [-0.1, -0.05) is 6.07 Å². The van der Waals surface area contributed by atoms with Crippen molar-refractivity contribution >= 4 is 22.3 Å². The second-order valence-electron chi connectivity index (χ2n) is 9.71. The van der Waals surface area contributed by atoms with E-state index in [1.165, 1.54) is 19.1 Å². The molecule has 0 radical (unpaired) electrons. The van der Waals surface area contributed by atoms with Gasteiger partial charge in [0.2, 0.25) is 5.95 Å². The summed E-state index contributed by atoms with van der Waals surface area (Å²) in [6.45, 7) is 4.80. The third-order valence-corrected chi connectivity index (χ3v) is 6.73. The summed E-state index contributed by atoms with van der Waals surface area (Å²) in [7, 11) is 3.92. The number of nitrogens with zero attached hydrogens (tertiary/aromatic N) is 3. The molecule has 198 valence electrons. The molecular formula is C28H28F3N5O2. The molecule has 0 amide bonds. The molecule has 0 aliphatic carbocycles. The minimum Gasteiger partial charge on any atom is -0.383 e. The van der Waals surface area contributed by atoms with Gasteiger partial charge in [0.05, 0.1) is 24.3 Å². The maximum absolute atomic E-state index is 15.2. The lowest BCUT2D eigenvalue weighted by Gasteiger charge is -2.31. The number of fused-ring (bicyclic) bond motifs is 1. The minimum absolute atomic E-state index is 0.0151. The highest BCUT2D eigenvalue weighted by Crippen LogP contribution is 2.36. The molecular weight excluding hydrogens is 495 g/mol. The first-order valence-electron chi connectivity index (χ1n) is 12.2. The molecule has 3 heterocycles. The first kappa shape index (κ1) is 25.7. The van der Waals surface area contributed by atoms with Crippen LogP contribution in [0.4, 0.5) is 24.7 Å². The van der Waals surface area contributed by atoms with Crippen LogP contribution in [0.15, 0.2) is 41.2 Å². The van der Waals surface area contributed by atoms with Crippen LogP contribution in [-0.4, -0.2) is 55.3 Å². The zero-order valence-electron chi connectivity index (χ0n) is 21.4. The first-order valence-corrected chi connectivity index (χ1v) is 12.2. The number of aromatic amines is 1. The Morgan fingerprint density at radius 3 is 2.50 bits per heavy atom. The van der Waals surface area contributed by atoms with Gasteiger partial charge in [0.1, 0.15) is 17.5 Å². The summed E-state index contributed by atoms with van der Waals surface area (Å²) in [6.07, 6.45) is 0. The molecule has 0 saturated carbocycles. The zero-order valence-corrected chi connectivity index (χ0v) is 21.4. The van der Waals surface area contributed by atoms with Crippen LogP contribution in [0.1, 0.15) is 11.3 Å². The Kier molecular flexibility index (Phi) is 6.85. The van der Waals surface area contributed by atoms with Crippen LogP contribution in [0, 0.1) is 24.5 Å². The number of aryl methyl sites for hydroxylation is 1. The average Bonchev–Trinajstić information content (AvgIpc) is 2.87. The summed E-state index contributed by atoms with van der Waals surface area (Å²) in [4.78, 5) is 22.7. The van der Waals surface area contributed by atoms with Gasteiger partial charge in [-0.25, -0.2) is 13.8 Å². The van der Waals surface area contributed by atoms with Crippen molar-refractivity contribution in [2.24, 2.45) is 0 Å². The van der Waals surface area contributed by atoms with Gasteiger partial charge >= 0.3 is 0 Å². The van der Waals surface area contributed by atoms with E-state index in [1.54, 1.807) is 0 Å². The maximum atomic E-state index is 15.2. The standard InChI is InChI=1S/C28H28F3N5O2/c1-15-25(30)21-11-17(12-22(29)24(21)28(37)33-15)20-13-19(26(31)34-27(20)32)16-4-5-23(18(10-16)14-35(2)3)36-6-8-38-9-7-36/h4-5,10-13H,6-9,14H2,1-3H3,(H2,32,34)(H,33,37). The summed E-state index contributed by atoms with van der Waals surface area (Å²) >= 11 is 0. The lowest BCUT2D eigenvalue weighted by molar-refractivity contribution is 0.122. The summed E-state index contributed by atoms with van der Waals surface area (Å²) in [5.41, 5.74) is 8.50. The van der Waals surface area contributed by atoms with Gasteiger partial charge in [0.15, 0.2) is 0 Å². The quantitative estimate of drug-likeness (QED) is 0.376. The molecule has 2 aromatic carbocycles. The Balaban J connectivity index is 1.65. The monoisotopic (exact) mass is 523 g/mol. The number of ether oxygens (including phenoxy) is 1. The van der Waals surface area contributed by atoms with Crippen LogP contribution in [0.25, 0.3) is 33.0 Å². The molecule has 7 nitrogen and oxygen atoms in total. The Morgan fingerprint density at radius 1 is 1.05 bits per heavy atom. The second-order valence-corrected chi connectivity index (χ2v) is 9.71. The lowest BCUT2D eigenvalue weighted by atomic mass is 9.96. The smallest absolute Gasteiger partial charge is 0.259 e. The zero-order chi connectivity index (χ0) is 27.1. The number of anilines is 2. The van der Waals surface area contributed by atoms with E-state index < -0.39 is 28.5 Å². The molecule has 1 aliphatic heterocycles. The predicted octanol–water partition coefficient (Wildman–Crippen LogP) is 4.46. The second kappa shape index (κ2) is 10.1. The van der Waals surface area contributed by atoms with Crippen molar-refractivity contribution in [3.8, 4) is 22.3 Å². The molecule has 0 spiro atoms. The Morgan fingerprint density at radius 2 is 1.79 bits per heavy atom. The number of hydrogen-bond acceptors (Lipinski definition) is 6. The Labute approximate surface area is 217 Å². The van der Waals surface area contributed by atoms with Crippen molar-refractivity contribution in [3.05, 3.63) is 75.6 Å². The molecule has 10 heteroatoms. The van der Waals surface area contributed by atoms with Gasteiger partial charge in [0.25, 0.3) is 5.56 Å². The van der Waals surface area contributed by atoms with Crippen molar-refractivity contribution in [2.75, 3.05) is 51.0 Å². The topological polar surface area (TPSA) is 87.5 Å². The Bertz CT molecular complexity index is 1600. The lowest BCUT2D eigenvalue weighted by Crippen LogP contribution is -2.37. The molecule has 1 aliphatic rings. The van der Waals surface area contributed by atoms with Crippen LogP contribution >= 0.6 is 0 Å². The number of hydrogen-bond donors (Lipinski definition) is 2. The van der Waals surface area contributed by atoms with Crippen LogP contribution in [0.2, 0.25) is 0 Å². The maximum Gasteiger partial charge on any atom is 0.259 e. The molecule has 1 saturated heterocycles. The van der Waals surface area contributed by atoms with Crippen molar-refractivity contribution < 1.29 is 17.9 Å². The van der Waals surface area contributed by atoms with E-state index in [4.69, 9.17) is 10.5 Å². The van der Waals surface area contributed by atoms with Gasteiger partial charge in [-0.3, -0.25) is 4.79 Å². The summed E-state index contributed by atoms with van der Waals surface area (Å²) in [5, 5.41) is -0.576. The van der Waals surface area contributed by atoms with Gasteiger partial charge in [-0.2, -0.15) is 4.39 Å². The number of H-pyrrole nitrogens is 1. The predicted molar refractivity (Wildman–Crippen MR) is 143 cm³/mol. The molecule has 4 aromatic rings. The number of nitrogens with two attached hydrogens (primary N) is 1. The fourth-order valence-electron chi connectivity index (χ4n) is 4.93. The average molecular weight is 524 g/mol. The third kappa shape index (κ3) is 4.72. The van der Waals surface area contributed by atoms with Crippen molar-refractivity contribution in [2.45, 2.75) is 13.5 Å². The normalized spacial score (nSPS) is 14.0. The van der Waals surface area contributed by atoms with Crippen molar-refractivity contribution in [1.82, 2.24) is 14.9 Å². The highest BCUT2D eigenvalue weighted by Gasteiger charge is 2.20. The molecule has 0 bridgehead atoms. The van der Waals surface area contributed by atoms with E-state index in [2.05, 4.69) is 14.9 Å². The SMILES string of the molecule is Cc1[nH]c(=O)c2c(F)cc(-c3cc(-c4ccc(N5CCOCC5)c(CN(C)C)c4)c(F)nc3N)cc2c1F. The number of benzene rings is 2. The number of morpholine rings is 1. The van der Waals surface area contributed by atoms with E-state index in [0.717, 1.165) is 30.4 Å². The van der Waals surface area contributed by atoms with Crippen molar-refractivity contribution in [3.63, 3.8) is 0 Å². The van der Waals surface area contributed by atoms with Gasteiger partial charge < -0.3 is 25.3 Å². The first-order chi connectivity index (χ1) is 18.1. The summed E-state index contributed by atoms with van der Waals surface area (Å²) in [6, 6.07) is 9.58. The number of aromatic nitrogens is 2. The van der Waals surface area contributed by atoms with Gasteiger partial charge in [0, 0.05) is 41.8 Å². The van der Waals surface area contributed by atoms with E-state index in [-0.39, 0.29) is 33.6 Å². The molecule has 38 heavy (non-hydrogen) atoms. The van der Waals surface area contributed by atoms with Gasteiger partial charge in [-0.15, -0.1) is 0 Å². The molecule has 3 N–H and O–H groups in total. The Hall–Kier alpha value is -3.89. The van der Waals surface area contributed by atoms with E-state index in [9.17, 15) is 13.6 Å². The molecule has 5 rings (SSSR count). The van der Waals surface area contributed by atoms with Crippen LogP contribution < -0.4 is 16.2 Å². The van der Waals surface area contributed by atoms with Crippen LogP contribution in [0.5, 0.6) is 0 Å². The van der Waals surface area contributed by atoms with Crippen molar-refractivity contribution in [1.29, 1.82) is 0 Å². The molecule has 2 aromatic heterocycles. The largest absolute Gasteiger partial charge is 0.383 e. The number of halogens is 3. The number of nitrogens with one attached hydrogen (secondary N) is 1. The molecule has 0 unspecified atom stereocenters. The van der Waals surface area contributed by atoms with Crippen LogP contribution in [-0.2, 0) is 11.3 Å². The van der Waals surface area contributed by atoms with Crippen LogP contribution in [0.3, 0.4) is 0 Å². The van der Waals surface area contributed by atoms with E-state index in [1.807, 2.05) is 37.2 Å². The van der Waals surface area contributed by atoms with E-state index >= 15 is 4.39 Å². The van der Waals surface area contributed by atoms with Gasteiger partial charge in [-0.05, 0) is 68.0 Å². The summed E-state index contributed by atoms with van der Waals surface area (Å²) in [5.74, 6) is -2.61. The molecule has 1 fully saturated rings. The third-order valence-electron chi connectivity index (χ3n) is 6.73. The number of rotatable bonds is 5. The van der Waals surface area contributed by atoms with E-state index in [0.29, 0.717) is 25.3 Å². The minimum atomic E-state index is -0.911. The fraction of sp³-hybridized carbons (Fsp3) is 0.286. The summed E-state index contributed by atoms with van der Waals surface area (Å²) < 4.78 is 50.5. The highest BCUT2D eigenvalue weighted by atomic mass is 19.1. The number of pyridine rings is 2. The number of nitrogen functional groups attached to an aromatic ring is 1. The molecule has 0 atom stereocenters. The fourth-order valence-corrected chi connectivity index (χ4v) is 4.93. The highest BCUT2D eigenvalue weighted by molar-refractivity contribution is 5.90.